The third-order valence-corrected chi connectivity index (χ3v) is 4.88. The van der Waals surface area contributed by atoms with Crippen LogP contribution in [0.5, 0.6) is 5.75 Å². The Morgan fingerprint density at radius 1 is 1.07 bits per heavy atom. The number of aromatic nitrogens is 1. The van der Waals surface area contributed by atoms with E-state index >= 15 is 0 Å². The van der Waals surface area contributed by atoms with Crippen LogP contribution in [0.15, 0.2) is 48.5 Å². The van der Waals surface area contributed by atoms with Crippen molar-refractivity contribution in [2.45, 2.75) is 20.8 Å². The summed E-state index contributed by atoms with van der Waals surface area (Å²) in [5.74, 6) is 0.358. The summed E-state index contributed by atoms with van der Waals surface area (Å²) < 4.78 is 5.41. The number of hydrogen-bond acceptors (Lipinski definition) is 5. The van der Waals surface area contributed by atoms with E-state index in [0.29, 0.717) is 23.7 Å². The smallest absolute Gasteiger partial charge is 0.275 e. The van der Waals surface area contributed by atoms with Gasteiger partial charge in [0.2, 0.25) is 5.91 Å². The van der Waals surface area contributed by atoms with Gasteiger partial charge in [-0.2, -0.15) is 0 Å². The molecule has 0 aliphatic heterocycles. The fraction of sp³-hybridized carbons (Fsp3) is 0.190. The molecule has 6 nitrogen and oxygen atoms in total. The van der Waals surface area contributed by atoms with Crippen LogP contribution in [0, 0.1) is 6.92 Å². The van der Waals surface area contributed by atoms with Gasteiger partial charge >= 0.3 is 0 Å². The maximum atomic E-state index is 12.6. The lowest BCUT2D eigenvalue weighted by molar-refractivity contribution is -0.114. The normalized spacial score (nSPS) is 10.4. The minimum absolute atomic E-state index is 0.136. The molecule has 0 aliphatic carbocycles. The highest BCUT2D eigenvalue weighted by atomic mass is 32.1. The zero-order chi connectivity index (χ0) is 20.1. The summed E-state index contributed by atoms with van der Waals surface area (Å²) in [4.78, 5) is 29.2. The van der Waals surface area contributed by atoms with Crippen LogP contribution >= 0.6 is 11.3 Å². The number of hydrogen-bond donors (Lipinski definition) is 2. The van der Waals surface area contributed by atoms with Gasteiger partial charge in [-0.05, 0) is 50.2 Å². The zero-order valence-electron chi connectivity index (χ0n) is 15.9. The molecule has 144 valence electrons. The first-order chi connectivity index (χ1) is 13.5. The number of nitrogens with one attached hydrogen (secondary N) is 2. The molecule has 1 aromatic heterocycles. The quantitative estimate of drug-likeness (QED) is 0.632. The van der Waals surface area contributed by atoms with Crippen molar-refractivity contribution in [3.05, 3.63) is 59.1 Å². The van der Waals surface area contributed by atoms with Gasteiger partial charge in [0.15, 0.2) is 0 Å². The van der Waals surface area contributed by atoms with E-state index in [1.807, 2.05) is 50.2 Å². The lowest BCUT2D eigenvalue weighted by Crippen LogP contribution is -2.13. The van der Waals surface area contributed by atoms with Crippen molar-refractivity contribution in [1.82, 2.24) is 4.98 Å². The summed E-state index contributed by atoms with van der Waals surface area (Å²) in [7, 11) is 0. The van der Waals surface area contributed by atoms with Crippen LogP contribution in [-0.4, -0.2) is 23.4 Å². The Morgan fingerprint density at radius 3 is 2.50 bits per heavy atom. The van der Waals surface area contributed by atoms with Crippen molar-refractivity contribution >= 4 is 34.5 Å². The maximum absolute atomic E-state index is 12.6. The fourth-order valence-electron chi connectivity index (χ4n) is 2.66. The van der Waals surface area contributed by atoms with Gasteiger partial charge in [-0.25, -0.2) is 4.98 Å². The van der Waals surface area contributed by atoms with Crippen molar-refractivity contribution in [2.24, 2.45) is 0 Å². The molecular formula is C21H21N3O3S. The highest BCUT2D eigenvalue weighted by molar-refractivity contribution is 7.15. The molecule has 0 fully saturated rings. The van der Waals surface area contributed by atoms with E-state index in [4.69, 9.17) is 4.74 Å². The summed E-state index contributed by atoms with van der Waals surface area (Å²) in [5, 5.41) is 6.34. The number of thiazole rings is 1. The second kappa shape index (κ2) is 8.67. The molecule has 0 saturated heterocycles. The first kappa shape index (κ1) is 19.6. The van der Waals surface area contributed by atoms with Gasteiger partial charge in [-0.3, -0.25) is 9.59 Å². The van der Waals surface area contributed by atoms with Crippen LogP contribution < -0.4 is 15.4 Å². The van der Waals surface area contributed by atoms with Crippen molar-refractivity contribution in [2.75, 3.05) is 17.2 Å². The van der Waals surface area contributed by atoms with Crippen LogP contribution in [-0.2, 0) is 4.79 Å². The van der Waals surface area contributed by atoms with Crippen molar-refractivity contribution < 1.29 is 14.3 Å². The van der Waals surface area contributed by atoms with E-state index < -0.39 is 0 Å². The Bertz CT molecular complexity index is 996. The van der Waals surface area contributed by atoms with Gasteiger partial charge in [0.1, 0.15) is 16.5 Å². The van der Waals surface area contributed by atoms with Crippen LogP contribution in [0.2, 0.25) is 0 Å². The number of nitrogens with zero attached hydrogens (tertiary/aromatic N) is 1. The van der Waals surface area contributed by atoms with Crippen molar-refractivity contribution in [3.8, 4) is 16.3 Å². The summed E-state index contributed by atoms with van der Waals surface area (Å²) in [6.07, 6.45) is 0. The van der Waals surface area contributed by atoms with Gasteiger partial charge in [0.25, 0.3) is 5.91 Å². The van der Waals surface area contributed by atoms with Gasteiger partial charge in [0, 0.05) is 28.7 Å². The van der Waals surface area contributed by atoms with E-state index in [1.165, 1.54) is 18.3 Å². The molecule has 0 bridgehead atoms. The number of carbonyl (C=O) groups excluding carboxylic acids is 2. The number of benzene rings is 2. The molecule has 0 atom stereocenters. The monoisotopic (exact) mass is 395 g/mol. The van der Waals surface area contributed by atoms with Crippen LogP contribution in [0.4, 0.5) is 11.4 Å². The maximum Gasteiger partial charge on any atom is 0.275 e. The Morgan fingerprint density at radius 2 is 1.82 bits per heavy atom. The molecule has 7 heteroatoms. The van der Waals surface area contributed by atoms with Gasteiger partial charge in [0.05, 0.1) is 6.61 Å². The van der Waals surface area contributed by atoms with Gasteiger partial charge < -0.3 is 15.4 Å². The molecule has 3 rings (SSSR count). The Balaban J connectivity index is 1.78. The standard InChI is InChI=1S/C21H21N3O3S/c1-4-27-18-10-8-16(9-11-18)23-20(26)19-13(2)28-21(24-19)15-6-5-7-17(12-15)22-14(3)25/h5-12H,4H2,1-3H3,(H,22,25)(H,23,26). The van der Waals surface area contributed by atoms with Crippen LogP contribution in [0.25, 0.3) is 10.6 Å². The van der Waals surface area contributed by atoms with Crippen molar-refractivity contribution in [3.63, 3.8) is 0 Å². The number of ether oxygens (including phenoxy) is 1. The fourth-order valence-corrected chi connectivity index (χ4v) is 3.56. The molecule has 2 amide bonds. The average molecular weight is 395 g/mol. The van der Waals surface area contributed by atoms with Crippen molar-refractivity contribution in [1.29, 1.82) is 0 Å². The highest BCUT2D eigenvalue weighted by Gasteiger charge is 2.17. The Hall–Kier alpha value is -3.19. The zero-order valence-corrected chi connectivity index (χ0v) is 16.7. The first-order valence-corrected chi connectivity index (χ1v) is 9.67. The molecule has 2 aromatic carbocycles. The topological polar surface area (TPSA) is 80.3 Å². The third-order valence-electron chi connectivity index (χ3n) is 3.86. The summed E-state index contributed by atoms with van der Waals surface area (Å²) in [5.41, 5.74) is 2.60. The lowest BCUT2D eigenvalue weighted by Gasteiger charge is -2.06. The molecule has 0 spiro atoms. The van der Waals surface area contributed by atoms with Gasteiger partial charge in [-0.1, -0.05) is 12.1 Å². The van der Waals surface area contributed by atoms with E-state index in [0.717, 1.165) is 21.2 Å². The minimum Gasteiger partial charge on any atom is -0.494 e. The third kappa shape index (κ3) is 4.75. The second-order valence-electron chi connectivity index (χ2n) is 6.10. The summed E-state index contributed by atoms with van der Waals surface area (Å²) >= 11 is 1.44. The molecule has 1 heterocycles. The molecule has 28 heavy (non-hydrogen) atoms. The second-order valence-corrected chi connectivity index (χ2v) is 7.30. The van der Waals surface area contributed by atoms with Gasteiger partial charge in [-0.15, -0.1) is 11.3 Å². The molecule has 0 radical (unpaired) electrons. The predicted molar refractivity (Wildman–Crippen MR) is 112 cm³/mol. The SMILES string of the molecule is CCOc1ccc(NC(=O)c2nc(-c3cccc(NC(C)=O)c3)sc2C)cc1. The van der Waals surface area contributed by atoms with E-state index in [9.17, 15) is 9.59 Å². The minimum atomic E-state index is -0.262. The molecule has 2 N–H and O–H groups in total. The molecular weight excluding hydrogens is 374 g/mol. The molecule has 0 unspecified atom stereocenters. The number of anilines is 2. The van der Waals surface area contributed by atoms with E-state index in [-0.39, 0.29) is 11.8 Å². The first-order valence-electron chi connectivity index (χ1n) is 8.86. The summed E-state index contributed by atoms with van der Waals surface area (Å²) in [6.45, 7) is 5.84. The van der Waals surface area contributed by atoms with E-state index in [1.54, 1.807) is 12.1 Å². The Labute approximate surface area is 167 Å². The van der Waals surface area contributed by atoms with Crippen LogP contribution in [0.3, 0.4) is 0 Å². The number of carbonyl (C=O) groups is 2. The number of amides is 2. The largest absolute Gasteiger partial charge is 0.494 e. The van der Waals surface area contributed by atoms with Crippen LogP contribution in [0.1, 0.15) is 29.2 Å². The summed E-state index contributed by atoms with van der Waals surface area (Å²) in [6, 6.07) is 14.6. The molecule has 0 aliphatic rings. The molecule has 3 aromatic rings. The number of aryl methyl sites for hydroxylation is 1. The number of rotatable bonds is 6. The molecule has 0 saturated carbocycles. The lowest BCUT2D eigenvalue weighted by atomic mass is 10.2. The predicted octanol–water partition coefficient (Wildman–Crippen LogP) is 4.73. The highest BCUT2D eigenvalue weighted by Crippen LogP contribution is 2.30. The Kier molecular flexibility index (Phi) is 6.06. The van der Waals surface area contributed by atoms with E-state index in [2.05, 4.69) is 15.6 Å². The average Bonchev–Trinajstić information content (AvgIpc) is 3.05.